The van der Waals surface area contributed by atoms with Crippen molar-refractivity contribution >= 4 is 17.5 Å². The molecule has 0 radical (unpaired) electrons. The van der Waals surface area contributed by atoms with Gasteiger partial charge >= 0.3 is 11.7 Å². The van der Waals surface area contributed by atoms with Gasteiger partial charge in [0.05, 0.1) is 18.0 Å². The first-order valence-electron chi connectivity index (χ1n) is 7.75. The number of methoxy groups -OCH3 is 1. The minimum absolute atomic E-state index is 0.00797. The highest BCUT2D eigenvalue weighted by atomic mass is 16.6. The summed E-state index contributed by atoms with van der Waals surface area (Å²) in [5.74, 6) is 0.209. The summed E-state index contributed by atoms with van der Waals surface area (Å²) in [6.45, 7) is 3.27. The molecular formula is C15H22N4O4. The second-order valence-corrected chi connectivity index (χ2v) is 5.55. The lowest BCUT2D eigenvalue weighted by Crippen LogP contribution is -2.37. The zero-order chi connectivity index (χ0) is 16.7. The zero-order valence-electron chi connectivity index (χ0n) is 13.2. The lowest BCUT2D eigenvalue weighted by Gasteiger charge is -2.30. The molecule has 8 heteroatoms. The maximum absolute atomic E-state index is 11.5. The quantitative estimate of drug-likeness (QED) is 0.353. The number of aromatic nitrogens is 1. The molecule has 2 heterocycles. The number of rotatable bonds is 7. The zero-order valence-corrected chi connectivity index (χ0v) is 13.2. The van der Waals surface area contributed by atoms with Gasteiger partial charge in [-0.05, 0) is 45.0 Å². The molecule has 0 spiro atoms. The van der Waals surface area contributed by atoms with Gasteiger partial charge in [0.1, 0.15) is 0 Å². The molecule has 8 nitrogen and oxygen atoms in total. The summed E-state index contributed by atoms with van der Waals surface area (Å²) in [5.41, 5.74) is -0.00797. The van der Waals surface area contributed by atoms with E-state index in [-0.39, 0.29) is 17.6 Å². The predicted molar refractivity (Wildman–Crippen MR) is 85.2 cm³/mol. The third-order valence-electron chi connectivity index (χ3n) is 4.05. The number of likely N-dealkylation sites (tertiary alicyclic amines) is 1. The van der Waals surface area contributed by atoms with Crippen LogP contribution >= 0.6 is 0 Å². The first kappa shape index (κ1) is 17.1. The van der Waals surface area contributed by atoms with E-state index >= 15 is 0 Å². The summed E-state index contributed by atoms with van der Waals surface area (Å²) in [7, 11) is 1.43. The van der Waals surface area contributed by atoms with Gasteiger partial charge in [0.25, 0.3) is 0 Å². The fourth-order valence-corrected chi connectivity index (χ4v) is 2.75. The van der Waals surface area contributed by atoms with Crippen LogP contribution in [0.25, 0.3) is 0 Å². The molecule has 1 fully saturated rings. The first-order chi connectivity index (χ1) is 11.1. The van der Waals surface area contributed by atoms with Crippen LogP contribution in [0.5, 0.6) is 0 Å². The van der Waals surface area contributed by atoms with Gasteiger partial charge in [-0.25, -0.2) is 4.98 Å². The van der Waals surface area contributed by atoms with Gasteiger partial charge in [-0.3, -0.25) is 14.9 Å². The van der Waals surface area contributed by atoms with Gasteiger partial charge in [-0.15, -0.1) is 0 Å². The van der Waals surface area contributed by atoms with Crippen LogP contribution in [0.1, 0.15) is 19.3 Å². The first-order valence-corrected chi connectivity index (χ1v) is 7.75. The summed E-state index contributed by atoms with van der Waals surface area (Å²) >= 11 is 0. The number of hydrogen-bond acceptors (Lipinski definition) is 7. The summed E-state index contributed by atoms with van der Waals surface area (Å²) in [6.07, 6.45) is 4.04. The molecule has 1 aromatic heterocycles. The smallest absolute Gasteiger partial charge is 0.311 e. The Morgan fingerprint density at radius 2 is 2.26 bits per heavy atom. The van der Waals surface area contributed by atoms with E-state index in [0.29, 0.717) is 12.4 Å². The van der Waals surface area contributed by atoms with Crippen molar-refractivity contribution in [2.45, 2.75) is 19.3 Å². The molecule has 1 aliphatic rings. The van der Waals surface area contributed by atoms with E-state index in [1.54, 1.807) is 6.07 Å². The number of carbonyl (C=O) groups excluding carboxylic acids is 1. The SMILES string of the molecule is COC(=O)C1CCN(CCCNc2ncccc2[N+](=O)[O-])CC1. The third-order valence-corrected chi connectivity index (χ3v) is 4.05. The maximum Gasteiger partial charge on any atom is 0.311 e. The molecular weight excluding hydrogens is 300 g/mol. The second kappa shape index (κ2) is 8.42. The summed E-state index contributed by atoms with van der Waals surface area (Å²) in [5, 5.41) is 13.9. The average molecular weight is 322 g/mol. The summed E-state index contributed by atoms with van der Waals surface area (Å²) in [6, 6.07) is 2.99. The lowest BCUT2D eigenvalue weighted by atomic mass is 9.97. The van der Waals surface area contributed by atoms with Crippen LogP contribution in [-0.4, -0.2) is 54.1 Å². The molecule has 23 heavy (non-hydrogen) atoms. The number of nitrogens with one attached hydrogen (secondary N) is 1. The van der Waals surface area contributed by atoms with E-state index in [0.717, 1.165) is 38.9 Å². The molecule has 1 N–H and O–H groups in total. The number of carbonyl (C=O) groups is 1. The fourth-order valence-electron chi connectivity index (χ4n) is 2.75. The standard InChI is InChI=1S/C15H22N4O4/c1-23-15(20)12-5-10-18(11-6-12)9-3-8-17-14-13(19(21)22)4-2-7-16-14/h2,4,7,12H,3,5-6,8-11H2,1H3,(H,16,17). The Hall–Kier alpha value is -2.22. The molecule has 0 aromatic carbocycles. The highest BCUT2D eigenvalue weighted by molar-refractivity contribution is 5.72. The Balaban J connectivity index is 1.69. The molecule has 126 valence electrons. The Morgan fingerprint density at radius 1 is 1.52 bits per heavy atom. The van der Waals surface area contributed by atoms with E-state index in [2.05, 4.69) is 15.2 Å². The number of hydrogen-bond donors (Lipinski definition) is 1. The van der Waals surface area contributed by atoms with Gasteiger partial charge in [0, 0.05) is 18.8 Å². The number of esters is 1. The largest absolute Gasteiger partial charge is 0.469 e. The number of nitrogens with zero attached hydrogens (tertiary/aromatic N) is 3. The number of pyridine rings is 1. The van der Waals surface area contributed by atoms with Crippen LogP contribution in [0.3, 0.4) is 0 Å². The number of nitro groups is 1. The van der Waals surface area contributed by atoms with E-state index in [4.69, 9.17) is 4.74 Å². The Morgan fingerprint density at radius 3 is 2.91 bits per heavy atom. The molecule has 0 saturated carbocycles. The molecule has 0 amide bonds. The van der Waals surface area contributed by atoms with Gasteiger partial charge in [0.2, 0.25) is 5.82 Å². The average Bonchev–Trinajstić information content (AvgIpc) is 2.58. The Labute approximate surface area is 135 Å². The minimum Gasteiger partial charge on any atom is -0.469 e. The van der Waals surface area contributed by atoms with Crippen LogP contribution in [-0.2, 0) is 9.53 Å². The van der Waals surface area contributed by atoms with Crippen molar-refractivity contribution in [1.29, 1.82) is 0 Å². The summed E-state index contributed by atoms with van der Waals surface area (Å²) in [4.78, 5) is 28.2. The van der Waals surface area contributed by atoms with Crippen molar-refractivity contribution in [3.63, 3.8) is 0 Å². The topological polar surface area (TPSA) is 97.6 Å². The molecule has 1 aromatic rings. The number of piperidine rings is 1. The fraction of sp³-hybridized carbons (Fsp3) is 0.600. The van der Waals surface area contributed by atoms with Crippen LogP contribution in [0.15, 0.2) is 18.3 Å². The highest BCUT2D eigenvalue weighted by Crippen LogP contribution is 2.21. The molecule has 1 saturated heterocycles. The van der Waals surface area contributed by atoms with Crippen molar-refractivity contribution in [2.24, 2.45) is 5.92 Å². The monoisotopic (exact) mass is 322 g/mol. The van der Waals surface area contributed by atoms with E-state index in [9.17, 15) is 14.9 Å². The van der Waals surface area contributed by atoms with Crippen LogP contribution in [0, 0.1) is 16.0 Å². The molecule has 0 unspecified atom stereocenters. The van der Waals surface area contributed by atoms with Crippen molar-refractivity contribution in [1.82, 2.24) is 9.88 Å². The van der Waals surface area contributed by atoms with Crippen molar-refractivity contribution in [3.05, 3.63) is 28.4 Å². The van der Waals surface area contributed by atoms with Crippen LogP contribution in [0.2, 0.25) is 0 Å². The normalized spacial score (nSPS) is 16.0. The van der Waals surface area contributed by atoms with Crippen molar-refractivity contribution in [3.8, 4) is 0 Å². The number of ether oxygens (including phenoxy) is 1. The lowest BCUT2D eigenvalue weighted by molar-refractivity contribution is -0.384. The molecule has 2 rings (SSSR count). The van der Waals surface area contributed by atoms with Crippen molar-refractivity contribution < 1.29 is 14.5 Å². The highest BCUT2D eigenvalue weighted by Gasteiger charge is 2.25. The van der Waals surface area contributed by atoms with Gasteiger partial charge in [-0.1, -0.05) is 0 Å². The molecule has 0 aliphatic carbocycles. The predicted octanol–water partition coefficient (Wildman–Crippen LogP) is 1.68. The van der Waals surface area contributed by atoms with Gasteiger partial charge in [-0.2, -0.15) is 0 Å². The van der Waals surface area contributed by atoms with Gasteiger partial charge < -0.3 is 15.0 Å². The minimum atomic E-state index is -0.438. The maximum atomic E-state index is 11.5. The second-order valence-electron chi connectivity index (χ2n) is 5.55. The number of anilines is 1. The van der Waals surface area contributed by atoms with E-state index < -0.39 is 4.92 Å². The van der Waals surface area contributed by atoms with E-state index in [1.165, 1.54) is 19.4 Å². The van der Waals surface area contributed by atoms with Crippen molar-refractivity contribution in [2.75, 3.05) is 38.6 Å². The van der Waals surface area contributed by atoms with Crippen LogP contribution < -0.4 is 5.32 Å². The Kier molecular flexibility index (Phi) is 6.28. The molecule has 0 atom stereocenters. The third kappa shape index (κ3) is 4.88. The molecule has 1 aliphatic heterocycles. The Bertz CT molecular complexity index is 544. The van der Waals surface area contributed by atoms with E-state index in [1.807, 2.05) is 0 Å². The van der Waals surface area contributed by atoms with Gasteiger partial charge in [0.15, 0.2) is 0 Å². The molecule has 0 bridgehead atoms. The van der Waals surface area contributed by atoms with Crippen LogP contribution in [0.4, 0.5) is 11.5 Å². The summed E-state index contributed by atoms with van der Waals surface area (Å²) < 4.78 is 4.77.